The fourth-order valence-corrected chi connectivity index (χ4v) is 5.59. The highest BCUT2D eigenvalue weighted by molar-refractivity contribution is 7.91. The number of methoxy groups -OCH3 is 1. The molecule has 2 fully saturated rings. The van der Waals surface area contributed by atoms with Gasteiger partial charge in [0.2, 0.25) is 5.91 Å². The predicted octanol–water partition coefficient (Wildman–Crippen LogP) is 0.498. The number of nitrogens with one attached hydrogen (secondary N) is 1. The first-order valence-corrected chi connectivity index (χ1v) is 11.2. The van der Waals surface area contributed by atoms with Gasteiger partial charge >= 0.3 is 6.03 Å². The molecule has 4 amide bonds. The molecule has 0 saturated carbocycles. The first kappa shape index (κ1) is 21.1. The molecule has 3 rings (SSSR count). The second kappa shape index (κ2) is 7.66. The number of nitrogens with zero attached hydrogens (tertiary/aromatic N) is 2. The van der Waals surface area contributed by atoms with Gasteiger partial charge in [-0.1, -0.05) is 19.1 Å². The van der Waals surface area contributed by atoms with E-state index in [-0.39, 0.29) is 11.5 Å². The molecule has 1 aromatic rings. The minimum Gasteiger partial charge on any atom is -0.497 e. The van der Waals surface area contributed by atoms with Gasteiger partial charge < -0.3 is 15.0 Å². The second-order valence-corrected chi connectivity index (χ2v) is 9.60. The molecule has 1 N–H and O–H groups in total. The van der Waals surface area contributed by atoms with Crippen molar-refractivity contribution in [3.63, 3.8) is 0 Å². The molecule has 9 nitrogen and oxygen atoms in total. The number of sulfone groups is 1. The van der Waals surface area contributed by atoms with Crippen molar-refractivity contribution < 1.29 is 27.5 Å². The molecule has 158 valence electrons. The molecule has 29 heavy (non-hydrogen) atoms. The van der Waals surface area contributed by atoms with Crippen LogP contribution in [0.2, 0.25) is 0 Å². The maximum atomic E-state index is 13.2. The number of benzene rings is 1. The average molecular weight is 423 g/mol. The van der Waals surface area contributed by atoms with Gasteiger partial charge in [-0.25, -0.2) is 13.2 Å². The number of carbonyl (C=O) groups is 3. The highest BCUT2D eigenvalue weighted by Gasteiger charge is 2.52. The molecule has 2 aliphatic heterocycles. The van der Waals surface area contributed by atoms with E-state index in [1.807, 2.05) is 0 Å². The lowest BCUT2D eigenvalue weighted by Crippen LogP contribution is -2.47. The highest BCUT2D eigenvalue weighted by atomic mass is 32.2. The second-order valence-electron chi connectivity index (χ2n) is 7.37. The summed E-state index contributed by atoms with van der Waals surface area (Å²) in [7, 11) is -0.114. The van der Waals surface area contributed by atoms with Crippen molar-refractivity contribution in [2.45, 2.75) is 31.3 Å². The van der Waals surface area contributed by atoms with Crippen LogP contribution in [0.15, 0.2) is 24.3 Å². The van der Waals surface area contributed by atoms with Crippen LogP contribution < -0.4 is 10.1 Å². The van der Waals surface area contributed by atoms with Crippen molar-refractivity contribution >= 4 is 27.7 Å². The summed E-state index contributed by atoms with van der Waals surface area (Å²) in [6.45, 7) is 1.35. The van der Waals surface area contributed by atoms with Gasteiger partial charge in [-0.15, -0.1) is 0 Å². The monoisotopic (exact) mass is 423 g/mol. The smallest absolute Gasteiger partial charge is 0.325 e. The Morgan fingerprint density at radius 1 is 1.31 bits per heavy atom. The third-order valence-corrected chi connectivity index (χ3v) is 7.48. The van der Waals surface area contributed by atoms with E-state index in [1.165, 1.54) is 19.1 Å². The van der Waals surface area contributed by atoms with Crippen molar-refractivity contribution in [3.8, 4) is 5.75 Å². The fourth-order valence-electron chi connectivity index (χ4n) is 3.82. The lowest BCUT2D eigenvalue weighted by molar-refractivity contribution is -0.139. The number of hydrogen-bond donors (Lipinski definition) is 1. The zero-order valence-electron chi connectivity index (χ0n) is 16.7. The van der Waals surface area contributed by atoms with E-state index in [4.69, 9.17) is 4.74 Å². The molecular weight excluding hydrogens is 398 g/mol. The number of hydrogen-bond acceptors (Lipinski definition) is 6. The molecule has 2 heterocycles. The molecule has 0 radical (unpaired) electrons. The first-order chi connectivity index (χ1) is 13.6. The molecule has 0 spiro atoms. The maximum absolute atomic E-state index is 13.2. The Bertz CT molecular complexity index is 930. The number of rotatable bonds is 6. The Hall–Kier alpha value is -2.62. The predicted molar refractivity (Wildman–Crippen MR) is 105 cm³/mol. The van der Waals surface area contributed by atoms with Gasteiger partial charge in [-0.05, 0) is 30.5 Å². The van der Waals surface area contributed by atoms with E-state index < -0.39 is 45.8 Å². The lowest BCUT2D eigenvalue weighted by Gasteiger charge is -2.27. The van der Waals surface area contributed by atoms with Crippen LogP contribution in [-0.4, -0.2) is 74.3 Å². The fraction of sp³-hybridized carbons (Fsp3) is 0.526. The maximum Gasteiger partial charge on any atom is 0.325 e. The zero-order chi connectivity index (χ0) is 21.4. The largest absolute Gasteiger partial charge is 0.497 e. The van der Waals surface area contributed by atoms with Crippen LogP contribution >= 0.6 is 0 Å². The Balaban J connectivity index is 1.77. The van der Waals surface area contributed by atoms with Gasteiger partial charge in [0.25, 0.3) is 5.91 Å². The number of likely N-dealkylation sites (N-methyl/N-ethyl adjacent to an activating group) is 1. The van der Waals surface area contributed by atoms with Crippen LogP contribution in [-0.2, 0) is 25.0 Å². The summed E-state index contributed by atoms with van der Waals surface area (Å²) in [5.41, 5.74) is -0.650. The lowest BCUT2D eigenvalue weighted by atomic mass is 9.87. The minimum atomic E-state index is -3.15. The molecule has 2 atom stereocenters. The minimum absolute atomic E-state index is 0.0365. The Morgan fingerprint density at radius 3 is 2.48 bits per heavy atom. The van der Waals surface area contributed by atoms with Crippen LogP contribution in [0.25, 0.3) is 0 Å². The van der Waals surface area contributed by atoms with Crippen LogP contribution in [0.3, 0.4) is 0 Å². The molecule has 0 unspecified atom stereocenters. The number of carbonyl (C=O) groups excluding carboxylic acids is 3. The number of amides is 4. The third-order valence-electron chi connectivity index (χ3n) is 5.73. The SMILES string of the molecule is CC[C@]1(c2ccc(OC)cc2)NC(=O)N(CC(=O)N(C)[C@H]2CCS(=O)(=O)C2)C1=O. The quantitative estimate of drug-likeness (QED) is 0.667. The van der Waals surface area contributed by atoms with Crippen LogP contribution in [0.4, 0.5) is 4.79 Å². The zero-order valence-corrected chi connectivity index (χ0v) is 17.5. The number of urea groups is 1. The number of imide groups is 1. The topological polar surface area (TPSA) is 113 Å². The Morgan fingerprint density at radius 2 is 1.97 bits per heavy atom. The van der Waals surface area contributed by atoms with Gasteiger partial charge in [-0.2, -0.15) is 0 Å². The summed E-state index contributed by atoms with van der Waals surface area (Å²) in [6.07, 6.45) is 0.667. The van der Waals surface area contributed by atoms with Gasteiger partial charge in [0.1, 0.15) is 17.8 Å². The van der Waals surface area contributed by atoms with E-state index in [1.54, 1.807) is 31.2 Å². The van der Waals surface area contributed by atoms with Crippen molar-refractivity contribution in [2.75, 3.05) is 32.2 Å². The summed E-state index contributed by atoms with van der Waals surface area (Å²) >= 11 is 0. The summed E-state index contributed by atoms with van der Waals surface area (Å²) in [5.74, 6) is -0.417. The molecule has 2 aliphatic rings. The van der Waals surface area contributed by atoms with E-state index in [0.717, 1.165) is 4.90 Å². The summed E-state index contributed by atoms with van der Waals surface area (Å²) in [6, 6.07) is 5.74. The van der Waals surface area contributed by atoms with Crippen LogP contribution in [0.5, 0.6) is 5.75 Å². The van der Waals surface area contributed by atoms with Crippen molar-refractivity contribution in [3.05, 3.63) is 29.8 Å². The molecule has 1 aromatic carbocycles. The van der Waals surface area contributed by atoms with E-state index >= 15 is 0 Å². The van der Waals surface area contributed by atoms with Gasteiger partial charge in [0.15, 0.2) is 9.84 Å². The van der Waals surface area contributed by atoms with Crippen molar-refractivity contribution in [1.82, 2.24) is 15.1 Å². The van der Waals surface area contributed by atoms with Gasteiger partial charge in [0, 0.05) is 13.1 Å². The summed E-state index contributed by atoms with van der Waals surface area (Å²) in [4.78, 5) is 40.6. The molecule has 0 bridgehead atoms. The van der Waals surface area contributed by atoms with E-state index in [2.05, 4.69) is 5.32 Å². The third kappa shape index (κ3) is 3.81. The van der Waals surface area contributed by atoms with Crippen molar-refractivity contribution in [1.29, 1.82) is 0 Å². The Kier molecular flexibility index (Phi) is 5.57. The molecule has 10 heteroatoms. The summed E-state index contributed by atoms with van der Waals surface area (Å²) < 4.78 is 28.5. The first-order valence-electron chi connectivity index (χ1n) is 9.38. The molecular formula is C19H25N3O6S. The molecule has 0 aliphatic carbocycles. The standard InChI is InChI=1S/C19H25N3O6S/c1-4-19(13-5-7-15(28-3)8-6-13)17(24)22(18(25)20-19)11-16(23)21(2)14-9-10-29(26,27)12-14/h5-8,14H,4,9-12H2,1-3H3,(H,20,25)/t14-,19+/m0/s1. The molecule has 0 aromatic heterocycles. The summed E-state index contributed by atoms with van der Waals surface area (Å²) in [5, 5.41) is 2.73. The van der Waals surface area contributed by atoms with Crippen LogP contribution in [0, 0.1) is 0 Å². The average Bonchev–Trinajstić information content (AvgIpc) is 3.19. The Labute approximate surface area is 169 Å². The van der Waals surface area contributed by atoms with Crippen molar-refractivity contribution in [2.24, 2.45) is 0 Å². The molecule has 2 saturated heterocycles. The number of ether oxygens (including phenoxy) is 1. The van der Waals surface area contributed by atoms with Gasteiger partial charge in [0.05, 0.1) is 18.6 Å². The highest BCUT2D eigenvalue weighted by Crippen LogP contribution is 2.33. The van der Waals surface area contributed by atoms with Gasteiger partial charge in [-0.3, -0.25) is 14.5 Å². The van der Waals surface area contributed by atoms with E-state index in [0.29, 0.717) is 24.2 Å². The normalized spacial score (nSPS) is 25.8. The van der Waals surface area contributed by atoms with Crippen LogP contribution in [0.1, 0.15) is 25.3 Å². The van der Waals surface area contributed by atoms with E-state index in [9.17, 15) is 22.8 Å².